The second-order valence-electron chi connectivity index (χ2n) is 6.07. The molecule has 1 aliphatic rings. The van der Waals surface area contributed by atoms with E-state index in [9.17, 15) is 23.7 Å². The normalized spacial score (nSPS) is 21.3. The van der Waals surface area contributed by atoms with Crippen molar-refractivity contribution in [3.05, 3.63) is 22.3 Å². The summed E-state index contributed by atoms with van der Waals surface area (Å²) in [6.07, 6.45) is 1.17. The lowest BCUT2D eigenvalue weighted by Gasteiger charge is -2.29. The standard InChI is InChI=1S/C16H22O6S/c1-8(7-16(5,15(19)20)22-23(6)21)12-11(4)13(17)9(2)10(3)14(12)18/h8H,7H2,1-6H3,(H,19,20). The van der Waals surface area contributed by atoms with Crippen LogP contribution in [0, 0.1) is 5.92 Å². The van der Waals surface area contributed by atoms with Crippen molar-refractivity contribution in [2.75, 3.05) is 6.26 Å². The van der Waals surface area contributed by atoms with Crippen LogP contribution in [0.1, 0.15) is 41.0 Å². The molecule has 3 unspecified atom stereocenters. The molecule has 1 N–H and O–H groups in total. The Morgan fingerprint density at radius 2 is 1.65 bits per heavy atom. The van der Waals surface area contributed by atoms with Gasteiger partial charge in [0.15, 0.2) is 28.2 Å². The first-order valence-electron chi connectivity index (χ1n) is 7.16. The van der Waals surface area contributed by atoms with Gasteiger partial charge in [-0.3, -0.25) is 13.8 Å². The highest BCUT2D eigenvalue weighted by molar-refractivity contribution is 7.79. The molecule has 0 fully saturated rings. The van der Waals surface area contributed by atoms with Crippen LogP contribution in [0.4, 0.5) is 0 Å². The molecule has 0 aromatic carbocycles. The molecule has 0 saturated heterocycles. The van der Waals surface area contributed by atoms with Crippen molar-refractivity contribution in [1.82, 2.24) is 0 Å². The summed E-state index contributed by atoms with van der Waals surface area (Å²) in [6, 6.07) is 0. The molecule has 0 spiro atoms. The summed E-state index contributed by atoms with van der Waals surface area (Å²) in [5.74, 6) is -2.26. The average molecular weight is 342 g/mol. The highest BCUT2D eigenvalue weighted by Crippen LogP contribution is 2.34. The van der Waals surface area contributed by atoms with Crippen molar-refractivity contribution in [3.8, 4) is 0 Å². The van der Waals surface area contributed by atoms with Gasteiger partial charge in [0, 0.05) is 28.5 Å². The van der Waals surface area contributed by atoms with E-state index in [1.54, 1.807) is 27.7 Å². The smallest absolute Gasteiger partial charge is 0.337 e. The van der Waals surface area contributed by atoms with E-state index < -0.39 is 28.6 Å². The van der Waals surface area contributed by atoms with E-state index in [0.717, 1.165) is 0 Å². The van der Waals surface area contributed by atoms with Crippen LogP contribution >= 0.6 is 0 Å². The lowest BCUT2D eigenvalue weighted by Crippen LogP contribution is -2.41. The van der Waals surface area contributed by atoms with Gasteiger partial charge in [0.05, 0.1) is 0 Å². The summed E-state index contributed by atoms with van der Waals surface area (Å²) >= 11 is -1.77. The lowest BCUT2D eigenvalue weighted by molar-refractivity contribution is -0.154. The van der Waals surface area contributed by atoms with E-state index in [1.165, 1.54) is 13.2 Å². The van der Waals surface area contributed by atoms with Gasteiger partial charge in [0.2, 0.25) is 0 Å². The van der Waals surface area contributed by atoms with Crippen LogP contribution in [0.5, 0.6) is 0 Å². The van der Waals surface area contributed by atoms with E-state index in [2.05, 4.69) is 0 Å². The van der Waals surface area contributed by atoms with Crippen LogP contribution in [0.25, 0.3) is 0 Å². The van der Waals surface area contributed by atoms with Crippen molar-refractivity contribution in [2.24, 2.45) is 5.92 Å². The fraction of sp³-hybridized carbons (Fsp3) is 0.562. The van der Waals surface area contributed by atoms with Gasteiger partial charge in [0.1, 0.15) is 0 Å². The molecule has 0 saturated carbocycles. The number of carbonyl (C=O) groups excluding carboxylic acids is 2. The zero-order chi connectivity index (χ0) is 18.1. The number of allylic oxidation sites excluding steroid dienone is 4. The minimum absolute atomic E-state index is 0.0695. The predicted molar refractivity (Wildman–Crippen MR) is 86.1 cm³/mol. The second kappa shape index (κ2) is 6.88. The Kier molecular flexibility index (Phi) is 5.82. The second-order valence-corrected chi connectivity index (χ2v) is 7.04. The van der Waals surface area contributed by atoms with Gasteiger partial charge < -0.3 is 5.11 Å². The van der Waals surface area contributed by atoms with Crippen molar-refractivity contribution in [1.29, 1.82) is 0 Å². The van der Waals surface area contributed by atoms with Gasteiger partial charge in [-0.25, -0.2) is 9.00 Å². The Bertz CT molecular complexity index is 657. The Morgan fingerprint density at radius 3 is 2.09 bits per heavy atom. The van der Waals surface area contributed by atoms with E-state index in [4.69, 9.17) is 4.18 Å². The molecule has 1 aliphatic carbocycles. The largest absolute Gasteiger partial charge is 0.479 e. The number of Topliss-reactive ketones (excluding diaryl/α,β-unsaturated/α-hetero) is 2. The van der Waals surface area contributed by atoms with Gasteiger partial charge in [-0.15, -0.1) is 0 Å². The van der Waals surface area contributed by atoms with Crippen molar-refractivity contribution >= 4 is 28.6 Å². The summed E-state index contributed by atoms with van der Waals surface area (Å²) < 4.78 is 16.3. The van der Waals surface area contributed by atoms with Gasteiger partial charge >= 0.3 is 5.97 Å². The maximum absolute atomic E-state index is 12.5. The third kappa shape index (κ3) is 3.84. The zero-order valence-corrected chi connectivity index (χ0v) is 15.0. The van der Waals surface area contributed by atoms with Crippen LogP contribution in [0.2, 0.25) is 0 Å². The molecule has 23 heavy (non-hydrogen) atoms. The van der Waals surface area contributed by atoms with E-state index in [0.29, 0.717) is 22.3 Å². The van der Waals surface area contributed by atoms with Crippen molar-refractivity contribution in [3.63, 3.8) is 0 Å². The maximum Gasteiger partial charge on any atom is 0.337 e. The quantitative estimate of drug-likeness (QED) is 0.741. The highest BCUT2D eigenvalue weighted by Gasteiger charge is 2.41. The number of hydrogen-bond acceptors (Lipinski definition) is 5. The first-order valence-corrected chi connectivity index (χ1v) is 8.64. The number of carbonyl (C=O) groups is 3. The molecule has 6 nitrogen and oxygen atoms in total. The molecule has 0 heterocycles. The molecule has 0 aliphatic heterocycles. The summed E-state index contributed by atoms with van der Waals surface area (Å²) in [5, 5.41) is 9.37. The molecular formula is C16H22O6S. The summed E-state index contributed by atoms with van der Waals surface area (Å²) in [6.45, 7) is 7.74. The number of aliphatic carboxylic acids is 1. The van der Waals surface area contributed by atoms with Gasteiger partial charge in [-0.2, -0.15) is 0 Å². The fourth-order valence-corrected chi connectivity index (χ4v) is 3.47. The summed E-state index contributed by atoms with van der Waals surface area (Å²) in [5.41, 5.74) is -0.290. The fourth-order valence-electron chi connectivity index (χ4n) is 2.81. The van der Waals surface area contributed by atoms with Crippen molar-refractivity contribution in [2.45, 2.75) is 46.6 Å². The highest BCUT2D eigenvalue weighted by atomic mass is 32.2. The van der Waals surface area contributed by atoms with Crippen LogP contribution in [-0.4, -0.2) is 38.7 Å². The molecule has 0 radical (unpaired) electrons. The summed E-state index contributed by atoms with van der Waals surface area (Å²) in [7, 11) is 0. The van der Waals surface area contributed by atoms with E-state index in [-0.39, 0.29) is 18.0 Å². The average Bonchev–Trinajstić information content (AvgIpc) is 2.42. The van der Waals surface area contributed by atoms with Gasteiger partial charge in [-0.1, -0.05) is 6.92 Å². The first-order chi connectivity index (χ1) is 10.4. The number of carboxylic acids is 1. The zero-order valence-electron chi connectivity index (χ0n) is 14.2. The number of hydrogen-bond donors (Lipinski definition) is 1. The van der Waals surface area contributed by atoms with Gasteiger partial charge in [-0.05, 0) is 40.0 Å². The molecule has 0 bridgehead atoms. The van der Waals surface area contributed by atoms with E-state index >= 15 is 0 Å². The predicted octanol–water partition coefficient (Wildman–Crippen LogP) is 1.97. The van der Waals surface area contributed by atoms with Crippen LogP contribution in [-0.2, 0) is 29.6 Å². The lowest BCUT2D eigenvalue weighted by atomic mass is 9.77. The Balaban J connectivity index is 3.21. The minimum atomic E-state index is -1.77. The van der Waals surface area contributed by atoms with E-state index in [1.807, 2.05) is 0 Å². The maximum atomic E-state index is 12.5. The third-order valence-electron chi connectivity index (χ3n) is 4.18. The number of carboxylic acid groups (broad SMARTS) is 1. The van der Waals surface area contributed by atoms with Crippen molar-refractivity contribution < 1.29 is 27.9 Å². The van der Waals surface area contributed by atoms with Crippen LogP contribution in [0.15, 0.2) is 22.3 Å². The monoisotopic (exact) mass is 342 g/mol. The minimum Gasteiger partial charge on any atom is -0.479 e. The van der Waals surface area contributed by atoms with Crippen LogP contribution < -0.4 is 0 Å². The Labute approximate surface area is 138 Å². The number of rotatable bonds is 6. The van der Waals surface area contributed by atoms with Gasteiger partial charge in [0.25, 0.3) is 0 Å². The third-order valence-corrected chi connectivity index (χ3v) is 4.78. The molecule has 0 aromatic rings. The Morgan fingerprint density at radius 1 is 1.17 bits per heavy atom. The first kappa shape index (κ1) is 19.4. The Hall–Kier alpha value is -1.60. The molecule has 1 rings (SSSR count). The molecule has 0 aromatic heterocycles. The van der Waals surface area contributed by atoms with Crippen LogP contribution in [0.3, 0.4) is 0 Å². The number of ketones is 2. The molecule has 3 atom stereocenters. The molecule has 128 valence electrons. The topological polar surface area (TPSA) is 97.7 Å². The SMILES string of the molecule is CC1=C(C)C(=O)C(C(C)CC(C)(OS(C)=O)C(=O)O)=C(C)C1=O. The molecule has 7 heteroatoms. The summed E-state index contributed by atoms with van der Waals surface area (Å²) in [4.78, 5) is 36.2. The molecule has 0 amide bonds. The molecular weight excluding hydrogens is 320 g/mol.